The summed E-state index contributed by atoms with van der Waals surface area (Å²) in [7, 11) is 0. The molecule has 2 N–H and O–H groups in total. The fourth-order valence-electron chi connectivity index (χ4n) is 3.46. The molecule has 0 bridgehead atoms. The first kappa shape index (κ1) is 17.4. The quantitative estimate of drug-likeness (QED) is 0.855. The number of amides is 3. The monoisotopic (exact) mass is 347 g/mol. The van der Waals surface area contributed by atoms with Gasteiger partial charge in [-0.1, -0.05) is 13.8 Å². The highest BCUT2D eigenvalue weighted by Gasteiger charge is 2.46. The molecule has 2 heterocycles. The Morgan fingerprint density at radius 1 is 1.32 bits per heavy atom. The van der Waals surface area contributed by atoms with E-state index < -0.39 is 17.9 Å². The SMILES string of the molecule is CC(C)C[C@@H]1NC(=O)[C@@H]2C[C@H](NC(=O)c3ccc(F)cc3)CN2C1=O. The lowest BCUT2D eigenvalue weighted by Crippen LogP contribution is -2.61. The average molecular weight is 347 g/mol. The normalized spacial score (nSPS) is 25.8. The van der Waals surface area contributed by atoms with Crippen LogP contribution in [0.5, 0.6) is 0 Å². The second-order valence-electron chi connectivity index (χ2n) is 7.11. The van der Waals surface area contributed by atoms with E-state index in [4.69, 9.17) is 0 Å². The summed E-state index contributed by atoms with van der Waals surface area (Å²) in [5, 5.41) is 5.63. The maximum atomic E-state index is 12.9. The minimum absolute atomic E-state index is 0.0863. The molecule has 3 amide bonds. The van der Waals surface area contributed by atoms with Crippen LogP contribution < -0.4 is 10.6 Å². The Hall–Kier alpha value is -2.44. The molecule has 7 heteroatoms. The summed E-state index contributed by atoms with van der Waals surface area (Å²) in [6.07, 6.45) is 0.985. The molecule has 25 heavy (non-hydrogen) atoms. The highest BCUT2D eigenvalue weighted by Crippen LogP contribution is 2.25. The van der Waals surface area contributed by atoms with Gasteiger partial charge >= 0.3 is 0 Å². The summed E-state index contributed by atoms with van der Waals surface area (Å²) in [6.45, 7) is 4.32. The van der Waals surface area contributed by atoms with Crippen LogP contribution in [0.25, 0.3) is 0 Å². The molecule has 0 saturated carbocycles. The molecule has 3 atom stereocenters. The molecule has 2 saturated heterocycles. The summed E-state index contributed by atoms with van der Waals surface area (Å²) < 4.78 is 12.9. The lowest BCUT2D eigenvalue weighted by Gasteiger charge is -2.35. The van der Waals surface area contributed by atoms with Crippen molar-refractivity contribution in [2.75, 3.05) is 6.54 Å². The zero-order valence-electron chi connectivity index (χ0n) is 14.3. The van der Waals surface area contributed by atoms with Crippen molar-refractivity contribution in [2.24, 2.45) is 5.92 Å². The van der Waals surface area contributed by atoms with Crippen LogP contribution in [0.3, 0.4) is 0 Å². The smallest absolute Gasteiger partial charge is 0.251 e. The maximum Gasteiger partial charge on any atom is 0.251 e. The summed E-state index contributed by atoms with van der Waals surface area (Å²) in [4.78, 5) is 38.7. The molecule has 3 rings (SSSR count). The van der Waals surface area contributed by atoms with Crippen molar-refractivity contribution in [3.05, 3.63) is 35.6 Å². The van der Waals surface area contributed by atoms with Gasteiger partial charge in [0.1, 0.15) is 17.9 Å². The van der Waals surface area contributed by atoms with Crippen LogP contribution in [0.1, 0.15) is 37.0 Å². The summed E-state index contributed by atoms with van der Waals surface area (Å²) >= 11 is 0. The molecule has 134 valence electrons. The molecule has 2 aliphatic heterocycles. The Bertz CT molecular complexity index is 689. The minimum Gasteiger partial charge on any atom is -0.347 e. The van der Waals surface area contributed by atoms with Gasteiger partial charge in [-0.15, -0.1) is 0 Å². The van der Waals surface area contributed by atoms with Crippen molar-refractivity contribution in [3.8, 4) is 0 Å². The number of nitrogens with zero attached hydrogens (tertiary/aromatic N) is 1. The number of benzene rings is 1. The second kappa shape index (κ2) is 6.82. The summed E-state index contributed by atoms with van der Waals surface area (Å²) in [5.74, 6) is -0.701. The van der Waals surface area contributed by atoms with Crippen molar-refractivity contribution in [1.82, 2.24) is 15.5 Å². The molecule has 0 radical (unpaired) electrons. The number of carbonyl (C=O) groups excluding carboxylic acids is 3. The highest BCUT2D eigenvalue weighted by molar-refractivity contribution is 5.98. The largest absolute Gasteiger partial charge is 0.347 e. The molecular formula is C18H22FN3O3. The van der Waals surface area contributed by atoms with E-state index in [1.807, 2.05) is 13.8 Å². The van der Waals surface area contributed by atoms with E-state index in [1.54, 1.807) is 4.90 Å². The lowest BCUT2D eigenvalue weighted by molar-refractivity contribution is -0.147. The molecule has 1 aromatic rings. The number of fused-ring (bicyclic) bond motifs is 1. The number of nitrogens with one attached hydrogen (secondary N) is 2. The topological polar surface area (TPSA) is 78.5 Å². The van der Waals surface area contributed by atoms with E-state index in [2.05, 4.69) is 10.6 Å². The van der Waals surface area contributed by atoms with Crippen LogP contribution in [-0.4, -0.2) is 47.3 Å². The molecule has 6 nitrogen and oxygen atoms in total. The second-order valence-corrected chi connectivity index (χ2v) is 7.11. The zero-order chi connectivity index (χ0) is 18.1. The molecule has 1 aromatic carbocycles. The van der Waals surface area contributed by atoms with Gasteiger partial charge in [-0.25, -0.2) is 4.39 Å². The fraction of sp³-hybridized carbons (Fsp3) is 0.500. The van der Waals surface area contributed by atoms with Crippen molar-refractivity contribution < 1.29 is 18.8 Å². The third kappa shape index (κ3) is 3.65. The van der Waals surface area contributed by atoms with Crippen molar-refractivity contribution in [3.63, 3.8) is 0 Å². The molecule has 0 unspecified atom stereocenters. The maximum absolute atomic E-state index is 12.9. The van der Waals surface area contributed by atoms with Gasteiger partial charge in [0.25, 0.3) is 5.91 Å². The molecule has 0 spiro atoms. The Morgan fingerprint density at radius 3 is 2.64 bits per heavy atom. The average Bonchev–Trinajstić information content (AvgIpc) is 2.97. The van der Waals surface area contributed by atoms with Crippen LogP contribution in [0.15, 0.2) is 24.3 Å². The van der Waals surface area contributed by atoms with Gasteiger partial charge in [-0.2, -0.15) is 0 Å². The molecule has 2 aliphatic rings. The van der Waals surface area contributed by atoms with Crippen molar-refractivity contribution in [1.29, 1.82) is 0 Å². The fourth-order valence-corrected chi connectivity index (χ4v) is 3.46. The number of hydrogen-bond donors (Lipinski definition) is 2. The molecule has 0 aromatic heterocycles. The van der Waals surface area contributed by atoms with Crippen molar-refractivity contribution >= 4 is 17.7 Å². The Balaban J connectivity index is 1.65. The summed E-state index contributed by atoms with van der Waals surface area (Å²) in [5.41, 5.74) is 0.347. The van der Waals surface area contributed by atoms with E-state index in [0.717, 1.165) is 0 Å². The van der Waals surface area contributed by atoms with Gasteiger partial charge in [0.15, 0.2) is 0 Å². The highest BCUT2D eigenvalue weighted by atomic mass is 19.1. The van der Waals surface area contributed by atoms with E-state index in [0.29, 0.717) is 30.9 Å². The molecular weight excluding hydrogens is 325 g/mol. The summed E-state index contributed by atoms with van der Waals surface area (Å²) in [6, 6.07) is 3.94. The number of halogens is 1. The van der Waals surface area contributed by atoms with Gasteiger partial charge in [-0.3, -0.25) is 14.4 Å². The van der Waals surface area contributed by atoms with Gasteiger partial charge in [0.05, 0.1) is 0 Å². The van der Waals surface area contributed by atoms with Gasteiger partial charge in [0.2, 0.25) is 11.8 Å². The Morgan fingerprint density at radius 2 is 2.00 bits per heavy atom. The molecule has 0 aliphatic carbocycles. The van der Waals surface area contributed by atoms with E-state index in [-0.39, 0.29) is 23.8 Å². The standard InChI is InChI=1S/C18H22FN3O3/c1-10(2)7-14-18(25)22-9-13(8-15(22)17(24)21-14)20-16(23)11-3-5-12(19)6-4-11/h3-6,10,13-15H,7-9H2,1-2H3,(H,20,23)(H,21,24)/t13-,14-,15-/m0/s1. The number of rotatable bonds is 4. The van der Waals surface area contributed by atoms with Crippen LogP contribution in [0, 0.1) is 11.7 Å². The minimum atomic E-state index is -0.533. The number of hydrogen-bond acceptors (Lipinski definition) is 3. The first-order chi connectivity index (χ1) is 11.8. The molecule has 2 fully saturated rings. The number of carbonyl (C=O) groups is 3. The van der Waals surface area contributed by atoms with Crippen LogP contribution >= 0.6 is 0 Å². The first-order valence-electron chi connectivity index (χ1n) is 8.52. The van der Waals surface area contributed by atoms with Gasteiger partial charge in [0, 0.05) is 18.2 Å². The zero-order valence-corrected chi connectivity index (χ0v) is 14.3. The van der Waals surface area contributed by atoms with Crippen LogP contribution in [0.2, 0.25) is 0 Å². The predicted octanol–water partition coefficient (Wildman–Crippen LogP) is 1.07. The third-order valence-corrected chi connectivity index (χ3v) is 4.65. The lowest BCUT2D eigenvalue weighted by atomic mass is 9.99. The van der Waals surface area contributed by atoms with E-state index in [1.165, 1.54) is 24.3 Å². The van der Waals surface area contributed by atoms with Crippen LogP contribution in [-0.2, 0) is 9.59 Å². The predicted molar refractivity (Wildman–Crippen MR) is 89.2 cm³/mol. The van der Waals surface area contributed by atoms with Crippen molar-refractivity contribution in [2.45, 2.75) is 44.8 Å². The van der Waals surface area contributed by atoms with Gasteiger partial charge < -0.3 is 15.5 Å². The van der Waals surface area contributed by atoms with Gasteiger partial charge in [-0.05, 0) is 43.0 Å². The third-order valence-electron chi connectivity index (χ3n) is 4.65. The number of piperazine rings is 1. The first-order valence-corrected chi connectivity index (χ1v) is 8.52. The Kier molecular flexibility index (Phi) is 4.74. The van der Waals surface area contributed by atoms with E-state index in [9.17, 15) is 18.8 Å². The Labute approximate surface area is 145 Å². The van der Waals surface area contributed by atoms with E-state index >= 15 is 0 Å². The van der Waals surface area contributed by atoms with Crippen LogP contribution in [0.4, 0.5) is 4.39 Å².